The van der Waals surface area contributed by atoms with E-state index in [1.165, 1.54) is 22.3 Å². The van der Waals surface area contributed by atoms with Crippen LogP contribution in [0.4, 0.5) is 0 Å². The molecule has 0 aliphatic carbocycles. The third kappa shape index (κ3) is 7.58. The van der Waals surface area contributed by atoms with Crippen molar-refractivity contribution in [1.29, 1.82) is 0 Å². The molecule has 0 saturated heterocycles. The van der Waals surface area contributed by atoms with Crippen molar-refractivity contribution in [3.63, 3.8) is 0 Å². The summed E-state index contributed by atoms with van der Waals surface area (Å²) >= 11 is 0. The average molecular weight is 295 g/mol. The Morgan fingerprint density at radius 2 is 1.45 bits per heavy atom. The molecule has 0 amide bonds. The third-order valence-corrected chi connectivity index (χ3v) is 3.04. The molecule has 0 N–H and O–H groups in total. The minimum Gasteiger partial charge on any atom is -0.297 e. The first-order valence-electron chi connectivity index (χ1n) is 7.85. The lowest BCUT2D eigenvalue weighted by Crippen LogP contribution is -1.82. The molecule has 0 fully saturated rings. The van der Waals surface area contributed by atoms with E-state index in [0.717, 1.165) is 0 Å². The molecule has 0 aliphatic heterocycles. The highest BCUT2D eigenvalue weighted by Crippen LogP contribution is 2.21. The van der Waals surface area contributed by atoms with Gasteiger partial charge < -0.3 is 0 Å². The molecule has 0 atom stereocenters. The molecule has 0 aliphatic rings. The number of hydrogen-bond donors (Lipinski definition) is 0. The third-order valence-electron chi connectivity index (χ3n) is 3.04. The average Bonchev–Trinajstić information content (AvgIpc) is 2.58. The lowest BCUT2D eigenvalue weighted by atomic mass is 10.0. The maximum atomic E-state index is 3.71. The van der Waals surface area contributed by atoms with Gasteiger partial charge in [-0.2, -0.15) is 0 Å². The Hall–Kier alpha value is -2.15. The molecule has 1 heteroatoms. The summed E-state index contributed by atoms with van der Waals surface area (Å²) in [5.74, 6) is 0. The van der Waals surface area contributed by atoms with E-state index in [-0.39, 0.29) is 0 Å². The second kappa shape index (κ2) is 12.6. The molecule has 22 heavy (non-hydrogen) atoms. The molecule has 0 unspecified atom stereocenters. The van der Waals surface area contributed by atoms with Crippen LogP contribution in [0.3, 0.4) is 0 Å². The Kier molecular flexibility index (Phi) is 11.4. The fraction of sp³-hybridized carbons (Fsp3) is 0.286. The van der Waals surface area contributed by atoms with Crippen molar-refractivity contribution >= 4 is 6.21 Å². The summed E-state index contributed by atoms with van der Waals surface area (Å²) in [5, 5.41) is 0. The number of rotatable bonds is 2. The van der Waals surface area contributed by atoms with Gasteiger partial charge in [-0.05, 0) is 49.1 Å². The monoisotopic (exact) mass is 295 g/mol. The lowest BCUT2D eigenvalue weighted by Gasteiger charge is -2.04. The van der Waals surface area contributed by atoms with Crippen molar-refractivity contribution in [3.8, 4) is 11.1 Å². The summed E-state index contributed by atoms with van der Waals surface area (Å²) in [6.07, 6.45) is 5.58. The molecular weight excluding hydrogens is 266 g/mol. The van der Waals surface area contributed by atoms with Crippen molar-refractivity contribution < 1.29 is 0 Å². The summed E-state index contributed by atoms with van der Waals surface area (Å²) in [4.78, 5) is 3.71. The fourth-order valence-electron chi connectivity index (χ4n) is 1.72. The summed E-state index contributed by atoms with van der Waals surface area (Å²) in [6, 6.07) is 17.1. The van der Waals surface area contributed by atoms with E-state index in [0.29, 0.717) is 0 Å². The largest absolute Gasteiger partial charge is 0.297 e. The highest BCUT2D eigenvalue weighted by molar-refractivity contribution is 5.70. The van der Waals surface area contributed by atoms with Crippen LogP contribution in [-0.2, 0) is 0 Å². The van der Waals surface area contributed by atoms with Gasteiger partial charge in [0.25, 0.3) is 0 Å². The number of benzene rings is 2. The zero-order chi connectivity index (χ0) is 16.8. The summed E-state index contributed by atoms with van der Waals surface area (Å²) in [7, 11) is 1.75. The highest BCUT2D eigenvalue weighted by atomic mass is 14.6. The quantitative estimate of drug-likeness (QED) is 0.580. The maximum absolute atomic E-state index is 3.71. The molecule has 0 aromatic heterocycles. The number of hydrogen-bond acceptors (Lipinski definition) is 1. The normalized spacial score (nSPS) is 9.91. The standard InChI is InChI=1S/C14H14.C5H9N.C2H6/c1-11-8-9-14(10-12(11)2)13-6-4-3-5-7-13;1-3-4-5-6-2;1-2/h3-10H,1-2H3;3-5H,1-2H3;1-2H3/b;4-3-,6-5?;. The Balaban J connectivity index is 0.000000470. The van der Waals surface area contributed by atoms with Gasteiger partial charge in [0.05, 0.1) is 0 Å². The second-order valence-corrected chi connectivity index (χ2v) is 4.60. The van der Waals surface area contributed by atoms with Crippen LogP contribution in [0.1, 0.15) is 31.9 Å². The number of aliphatic imine (C=N–C) groups is 1. The molecule has 2 rings (SSSR count). The summed E-state index contributed by atoms with van der Waals surface area (Å²) < 4.78 is 0. The van der Waals surface area contributed by atoms with Crippen LogP contribution in [0.15, 0.2) is 65.7 Å². The van der Waals surface area contributed by atoms with E-state index < -0.39 is 0 Å². The van der Waals surface area contributed by atoms with Gasteiger partial charge in [-0.3, -0.25) is 4.99 Å². The molecule has 0 radical (unpaired) electrons. The van der Waals surface area contributed by atoms with Gasteiger partial charge in [-0.1, -0.05) is 68.5 Å². The van der Waals surface area contributed by atoms with Crippen LogP contribution < -0.4 is 0 Å². The van der Waals surface area contributed by atoms with E-state index in [9.17, 15) is 0 Å². The van der Waals surface area contributed by atoms with Gasteiger partial charge in [0.15, 0.2) is 0 Å². The Bertz CT molecular complexity index is 556. The maximum Gasteiger partial charge on any atom is 0.0277 e. The Morgan fingerprint density at radius 3 is 1.91 bits per heavy atom. The van der Waals surface area contributed by atoms with E-state index in [2.05, 4.69) is 61.3 Å². The van der Waals surface area contributed by atoms with Gasteiger partial charge in [0.1, 0.15) is 0 Å². The smallest absolute Gasteiger partial charge is 0.0277 e. The topological polar surface area (TPSA) is 12.4 Å². The zero-order valence-electron chi connectivity index (χ0n) is 14.8. The van der Waals surface area contributed by atoms with E-state index in [4.69, 9.17) is 0 Å². The minimum absolute atomic E-state index is 1.29. The van der Waals surface area contributed by atoms with Gasteiger partial charge in [-0.15, -0.1) is 0 Å². The SMILES string of the molecule is C/C=C\C=NC.CC.Cc1ccc(-c2ccccc2)cc1C. The molecule has 1 nitrogen and oxygen atoms in total. The number of aryl methyl sites for hydroxylation is 2. The first-order valence-corrected chi connectivity index (χ1v) is 7.85. The number of allylic oxidation sites excluding steroid dienone is 2. The molecule has 0 saturated carbocycles. The van der Waals surface area contributed by atoms with Crippen molar-refractivity contribution in [2.75, 3.05) is 7.05 Å². The molecule has 2 aromatic rings. The van der Waals surface area contributed by atoms with Gasteiger partial charge in [-0.25, -0.2) is 0 Å². The van der Waals surface area contributed by atoms with Crippen molar-refractivity contribution in [2.45, 2.75) is 34.6 Å². The van der Waals surface area contributed by atoms with Crippen LogP contribution in [-0.4, -0.2) is 13.3 Å². The van der Waals surface area contributed by atoms with Crippen LogP contribution in [0.5, 0.6) is 0 Å². The fourth-order valence-corrected chi connectivity index (χ4v) is 1.72. The molecule has 0 bridgehead atoms. The minimum atomic E-state index is 1.29. The summed E-state index contributed by atoms with van der Waals surface area (Å²) in [5.41, 5.74) is 5.29. The predicted molar refractivity (Wildman–Crippen MR) is 102 cm³/mol. The molecule has 0 heterocycles. The Labute approximate surface area is 136 Å². The first-order chi connectivity index (χ1) is 10.7. The van der Waals surface area contributed by atoms with E-state index in [1.54, 1.807) is 13.3 Å². The van der Waals surface area contributed by atoms with Gasteiger partial charge in [0.2, 0.25) is 0 Å². The molecule has 0 spiro atoms. The van der Waals surface area contributed by atoms with E-state index in [1.807, 2.05) is 39.0 Å². The highest BCUT2D eigenvalue weighted by Gasteiger charge is 1.97. The van der Waals surface area contributed by atoms with Crippen molar-refractivity contribution in [1.82, 2.24) is 0 Å². The lowest BCUT2D eigenvalue weighted by molar-refractivity contribution is 1.34. The Morgan fingerprint density at radius 1 is 0.818 bits per heavy atom. The molecule has 2 aromatic carbocycles. The molecular formula is C21H29N. The zero-order valence-corrected chi connectivity index (χ0v) is 14.8. The van der Waals surface area contributed by atoms with Crippen LogP contribution in [0.2, 0.25) is 0 Å². The van der Waals surface area contributed by atoms with Crippen LogP contribution in [0, 0.1) is 13.8 Å². The number of nitrogens with zero attached hydrogens (tertiary/aromatic N) is 1. The van der Waals surface area contributed by atoms with Gasteiger partial charge >= 0.3 is 0 Å². The predicted octanol–water partition coefficient (Wildman–Crippen LogP) is 6.26. The first kappa shape index (κ1) is 19.9. The van der Waals surface area contributed by atoms with Crippen LogP contribution in [0.25, 0.3) is 11.1 Å². The second-order valence-electron chi connectivity index (χ2n) is 4.60. The van der Waals surface area contributed by atoms with Gasteiger partial charge in [0, 0.05) is 13.3 Å². The van der Waals surface area contributed by atoms with Crippen molar-refractivity contribution in [2.24, 2.45) is 4.99 Å². The van der Waals surface area contributed by atoms with Crippen LogP contribution >= 0.6 is 0 Å². The summed E-state index contributed by atoms with van der Waals surface area (Å²) in [6.45, 7) is 10.3. The molecule has 118 valence electrons. The van der Waals surface area contributed by atoms with Crippen molar-refractivity contribution in [3.05, 3.63) is 71.8 Å². The van der Waals surface area contributed by atoms with E-state index >= 15 is 0 Å².